The maximum atomic E-state index is 4.43. The second-order valence-electron chi connectivity index (χ2n) is 6.18. The topological polar surface area (TPSA) is 28.2 Å². The summed E-state index contributed by atoms with van der Waals surface area (Å²) in [5.41, 5.74) is 3.71. The SMILES string of the molecule is CNCc1cnc(C)cc1N(CC(C)C)CC(C)C. The summed E-state index contributed by atoms with van der Waals surface area (Å²) < 4.78 is 0. The van der Waals surface area contributed by atoms with Crippen LogP contribution in [0.4, 0.5) is 5.69 Å². The molecule has 0 aliphatic heterocycles. The third-order valence-electron chi connectivity index (χ3n) is 2.98. The normalized spacial score (nSPS) is 11.4. The molecule has 0 amide bonds. The average molecular weight is 263 g/mol. The first-order valence-corrected chi connectivity index (χ1v) is 7.29. The summed E-state index contributed by atoms with van der Waals surface area (Å²) in [6.45, 7) is 14.2. The Kier molecular flexibility index (Phi) is 6.29. The van der Waals surface area contributed by atoms with E-state index in [4.69, 9.17) is 0 Å². The maximum absolute atomic E-state index is 4.43. The van der Waals surface area contributed by atoms with E-state index >= 15 is 0 Å². The highest BCUT2D eigenvalue weighted by Crippen LogP contribution is 2.23. The molecule has 0 aromatic carbocycles. The molecule has 1 aromatic heterocycles. The van der Waals surface area contributed by atoms with Crippen molar-refractivity contribution >= 4 is 5.69 Å². The van der Waals surface area contributed by atoms with Gasteiger partial charge in [-0.1, -0.05) is 27.7 Å². The van der Waals surface area contributed by atoms with Crippen LogP contribution in [0.15, 0.2) is 12.3 Å². The van der Waals surface area contributed by atoms with Gasteiger partial charge < -0.3 is 10.2 Å². The van der Waals surface area contributed by atoms with Gasteiger partial charge in [0.1, 0.15) is 0 Å². The quantitative estimate of drug-likeness (QED) is 0.818. The largest absolute Gasteiger partial charge is 0.371 e. The van der Waals surface area contributed by atoms with Crippen molar-refractivity contribution in [2.75, 3.05) is 25.0 Å². The predicted molar refractivity (Wildman–Crippen MR) is 83.6 cm³/mol. The number of aromatic nitrogens is 1. The minimum atomic E-state index is 0.662. The van der Waals surface area contributed by atoms with Gasteiger partial charge in [-0.05, 0) is 31.9 Å². The molecule has 1 N–H and O–H groups in total. The molecule has 0 aliphatic rings. The monoisotopic (exact) mass is 263 g/mol. The van der Waals surface area contributed by atoms with Crippen molar-refractivity contribution in [3.8, 4) is 0 Å². The first-order valence-electron chi connectivity index (χ1n) is 7.29. The van der Waals surface area contributed by atoms with E-state index in [1.54, 1.807) is 0 Å². The smallest absolute Gasteiger partial charge is 0.0445 e. The van der Waals surface area contributed by atoms with Gasteiger partial charge in [-0.2, -0.15) is 0 Å². The van der Waals surface area contributed by atoms with Crippen molar-refractivity contribution in [2.45, 2.75) is 41.2 Å². The lowest BCUT2D eigenvalue weighted by atomic mass is 10.1. The van der Waals surface area contributed by atoms with Gasteiger partial charge in [-0.3, -0.25) is 4.98 Å². The standard InChI is InChI=1S/C16H29N3/c1-12(2)10-19(11-13(3)4)16-7-14(5)18-9-15(16)8-17-6/h7,9,12-13,17H,8,10-11H2,1-6H3. The number of hydrogen-bond donors (Lipinski definition) is 1. The molecule has 3 nitrogen and oxygen atoms in total. The molecule has 0 saturated carbocycles. The van der Waals surface area contributed by atoms with Crippen LogP contribution in [0.25, 0.3) is 0 Å². The molecule has 0 aliphatic carbocycles. The highest BCUT2D eigenvalue weighted by atomic mass is 15.1. The number of hydrogen-bond acceptors (Lipinski definition) is 3. The van der Waals surface area contributed by atoms with Crippen LogP contribution in [-0.2, 0) is 6.54 Å². The highest BCUT2D eigenvalue weighted by Gasteiger charge is 2.14. The number of nitrogens with one attached hydrogen (secondary N) is 1. The summed E-state index contributed by atoms with van der Waals surface area (Å²) in [7, 11) is 1.98. The van der Waals surface area contributed by atoms with Gasteiger partial charge >= 0.3 is 0 Å². The molecule has 0 atom stereocenters. The van der Waals surface area contributed by atoms with Crippen molar-refractivity contribution in [2.24, 2.45) is 11.8 Å². The lowest BCUT2D eigenvalue weighted by Crippen LogP contribution is -2.32. The van der Waals surface area contributed by atoms with Crippen LogP contribution in [0, 0.1) is 18.8 Å². The van der Waals surface area contributed by atoms with Gasteiger partial charge in [0.2, 0.25) is 0 Å². The molecule has 3 heteroatoms. The predicted octanol–water partition coefficient (Wildman–Crippen LogP) is 3.23. The summed E-state index contributed by atoms with van der Waals surface area (Å²) in [6.07, 6.45) is 2.01. The van der Waals surface area contributed by atoms with Crippen molar-refractivity contribution < 1.29 is 0 Å². The van der Waals surface area contributed by atoms with E-state index < -0.39 is 0 Å². The van der Waals surface area contributed by atoms with E-state index in [9.17, 15) is 0 Å². The lowest BCUT2D eigenvalue weighted by molar-refractivity contribution is 0.550. The van der Waals surface area contributed by atoms with Gasteiger partial charge in [-0.15, -0.1) is 0 Å². The Morgan fingerprint density at radius 1 is 1.16 bits per heavy atom. The van der Waals surface area contributed by atoms with E-state index in [-0.39, 0.29) is 0 Å². The molecule has 0 spiro atoms. The molecule has 19 heavy (non-hydrogen) atoms. The summed E-state index contributed by atoms with van der Waals surface area (Å²) in [5, 5.41) is 3.24. The van der Waals surface area contributed by atoms with Crippen LogP contribution < -0.4 is 10.2 Å². The van der Waals surface area contributed by atoms with E-state index in [1.165, 1.54) is 11.3 Å². The Morgan fingerprint density at radius 3 is 2.21 bits per heavy atom. The summed E-state index contributed by atoms with van der Waals surface area (Å²) >= 11 is 0. The van der Waals surface area contributed by atoms with Crippen LogP contribution in [0.2, 0.25) is 0 Å². The number of rotatable bonds is 7. The third-order valence-corrected chi connectivity index (χ3v) is 2.98. The van der Waals surface area contributed by atoms with E-state index in [2.05, 4.69) is 55.9 Å². The molecule has 0 bridgehead atoms. The molecule has 1 aromatic rings. The van der Waals surface area contributed by atoms with Crippen molar-refractivity contribution in [1.29, 1.82) is 0 Å². The Morgan fingerprint density at radius 2 is 1.74 bits per heavy atom. The van der Waals surface area contributed by atoms with Crippen molar-refractivity contribution in [1.82, 2.24) is 10.3 Å². The highest BCUT2D eigenvalue weighted by molar-refractivity contribution is 5.53. The molecule has 0 radical (unpaired) electrons. The fraction of sp³-hybridized carbons (Fsp3) is 0.688. The Bertz CT molecular complexity index is 376. The zero-order chi connectivity index (χ0) is 14.4. The second kappa shape index (κ2) is 7.49. The lowest BCUT2D eigenvalue weighted by Gasteiger charge is -2.30. The average Bonchev–Trinajstić information content (AvgIpc) is 2.29. The zero-order valence-electron chi connectivity index (χ0n) is 13.3. The van der Waals surface area contributed by atoms with Gasteiger partial charge in [0, 0.05) is 42.8 Å². The third kappa shape index (κ3) is 5.19. The molecule has 0 fully saturated rings. The van der Waals surface area contributed by atoms with Crippen LogP contribution >= 0.6 is 0 Å². The molecule has 108 valence electrons. The molecule has 0 unspecified atom stereocenters. The van der Waals surface area contributed by atoms with Crippen LogP contribution in [0.1, 0.15) is 39.0 Å². The molecular weight excluding hydrogens is 234 g/mol. The fourth-order valence-electron chi connectivity index (χ4n) is 2.35. The van der Waals surface area contributed by atoms with Crippen molar-refractivity contribution in [3.05, 3.63) is 23.5 Å². The van der Waals surface area contributed by atoms with E-state index in [0.29, 0.717) is 11.8 Å². The number of aryl methyl sites for hydroxylation is 1. The second-order valence-corrected chi connectivity index (χ2v) is 6.18. The molecule has 0 saturated heterocycles. The molecular formula is C16H29N3. The van der Waals surface area contributed by atoms with Crippen LogP contribution in [0.3, 0.4) is 0 Å². The first kappa shape index (κ1) is 16.0. The number of anilines is 1. The van der Waals surface area contributed by atoms with E-state index in [0.717, 1.165) is 25.3 Å². The summed E-state index contributed by atoms with van der Waals surface area (Å²) in [4.78, 5) is 6.94. The maximum Gasteiger partial charge on any atom is 0.0445 e. The number of pyridine rings is 1. The molecule has 1 rings (SSSR count). The van der Waals surface area contributed by atoms with Gasteiger partial charge in [-0.25, -0.2) is 0 Å². The zero-order valence-corrected chi connectivity index (χ0v) is 13.3. The Labute approximate surface area is 118 Å². The number of nitrogens with zero attached hydrogens (tertiary/aromatic N) is 2. The van der Waals surface area contributed by atoms with Crippen LogP contribution in [0.5, 0.6) is 0 Å². The van der Waals surface area contributed by atoms with Crippen molar-refractivity contribution in [3.63, 3.8) is 0 Å². The van der Waals surface area contributed by atoms with Gasteiger partial charge in [0.05, 0.1) is 0 Å². The van der Waals surface area contributed by atoms with Gasteiger partial charge in [0.25, 0.3) is 0 Å². The Hall–Kier alpha value is -1.09. The molecule has 1 heterocycles. The first-order chi connectivity index (χ1) is 8.93. The summed E-state index contributed by atoms with van der Waals surface area (Å²) in [6, 6.07) is 2.22. The minimum absolute atomic E-state index is 0.662. The minimum Gasteiger partial charge on any atom is -0.371 e. The van der Waals surface area contributed by atoms with Crippen LogP contribution in [-0.4, -0.2) is 25.1 Å². The van der Waals surface area contributed by atoms with Gasteiger partial charge in [0.15, 0.2) is 0 Å². The summed E-state index contributed by atoms with van der Waals surface area (Å²) in [5.74, 6) is 1.32. The fourth-order valence-corrected chi connectivity index (χ4v) is 2.35. The van der Waals surface area contributed by atoms with E-state index in [1.807, 2.05) is 13.2 Å². The Balaban J connectivity index is 3.07.